The number of benzene rings is 1. The molecule has 28 heavy (non-hydrogen) atoms. The van der Waals surface area contributed by atoms with E-state index in [2.05, 4.69) is 51.3 Å². The summed E-state index contributed by atoms with van der Waals surface area (Å²) in [6.45, 7) is 12.0. The van der Waals surface area contributed by atoms with Gasteiger partial charge in [0.25, 0.3) is 0 Å². The second-order valence-corrected chi connectivity index (χ2v) is 15.7. The molecule has 156 valence electrons. The Labute approximate surface area is 172 Å². The van der Waals surface area contributed by atoms with E-state index in [-0.39, 0.29) is 11.1 Å². The molecule has 0 amide bonds. The zero-order chi connectivity index (χ0) is 20.8. The Hall–Kier alpha value is -1.37. The van der Waals surface area contributed by atoms with Gasteiger partial charge in [0, 0.05) is 18.8 Å². The number of rotatable bonds is 7. The first kappa shape index (κ1) is 22.9. The van der Waals surface area contributed by atoms with Gasteiger partial charge in [0.15, 0.2) is 8.32 Å². The van der Waals surface area contributed by atoms with E-state index >= 15 is 0 Å². The third-order valence-electron chi connectivity index (χ3n) is 5.71. The van der Waals surface area contributed by atoms with Crippen LogP contribution in [0, 0.1) is 0 Å². The van der Waals surface area contributed by atoms with Crippen LogP contribution in [-0.4, -0.2) is 29.4 Å². The van der Waals surface area contributed by atoms with Crippen LogP contribution in [0.2, 0.25) is 18.1 Å². The molecule has 0 aliphatic carbocycles. The lowest BCUT2D eigenvalue weighted by molar-refractivity contribution is 0.276. The van der Waals surface area contributed by atoms with Crippen LogP contribution in [0.4, 0.5) is 0 Å². The van der Waals surface area contributed by atoms with E-state index in [1.807, 2.05) is 6.07 Å². The standard InChI is InChI=1S/C22H35NO3SSi/c1-22(2,3)28(4,5)26-17-11-13-19-12-9-10-16-21(18-23-19)27(24,25)20-14-7-6-8-15-20/h6-9,12,14-15,18-19,23H,10-11,13,16-17H2,1-5H3/b12-9-,21-18+/t19-/m0/s1. The van der Waals surface area contributed by atoms with E-state index in [0.717, 1.165) is 25.9 Å². The summed E-state index contributed by atoms with van der Waals surface area (Å²) >= 11 is 0. The van der Waals surface area contributed by atoms with Gasteiger partial charge in [-0.05, 0) is 55.9 Å². The maximum Gasteiger partial charge on any atom is 0.204 e. The van der Waals surface area contributed by atoms with Gasteiger partial charge in [-0.15, -0.1) is 0 Å². The molecular formula is C22H35NO3SSi. The average molecular weight is 422 g/mol. The number of nitrogens with one attached hydrogen (secondary N) is 1. The maximum absolute atomic E-state index is 12.9. The summed E-state index contributed by atoms with van der Waals surface area (Å²) in [6.07, 6.45) is 9.04. The van der Waals surface area contributed by atoms with Crippen LogP contribution in [-0.2, 0) is 14.3 Å². The molecule has 4 nitrogen and oxygen atoms in total. The van der Waals surface area contributed by atoms with Crippen molar-refractivity contribution in [1.82, 2.24) is 5.32 Å². The summed E-state index contributed by atoms with van der Waals surface area (Å²) in [5, 5.41) is 3.52. The van der Waals surface area contributed by atoms with Crippen molar-refractivity contribution in [3.05, 3.63) is 53.6 Å². The zero-order valence-corrected chi connectivity index (χ0v) is 19.7. The number of hydrogen-bond acceptors (Lipinski definition) is 4. The summed E-state index contributed by atoms with van der Waals surface area (Å²) in [4.78, 5) is 0.803. The molecule has 1 heterocycles. The summed E-state index contributed by atoms with van der Waals surface area (Å²) in [6, 6.07) is 8.78. The lowest BCUT2D eigenvalue weighted by Crippen LogP contribution is -2.41. The molecule has 1 aliphatic heterocycles. The first-order chi connectivity index (χ1) is 13.0. The lowest BCUT2D eigenvalue weighted by Gasteiger charge is -2.36. The fraction of sp³-hybridized carbons (Fsp3) is 0.545. The van der Waals surface area contributed by atoms with Gasteiger partial charge >= 0.3 is 0 Å². The van der Waals surface area contributed by atoms with E-state index < -0.39 is 18.2 Å². The van der Waals surface area contributed by atoms with Crippen molar-refractivity contribution in [3.63, 3.8) is 0 Å². The molecular weight excluding hydrogens is 386 g/mol. The van der Waals surface area contributed by atoms with Crippen molar-refractivity contribution in [1.29, 1.82) is 0 Å². The second-order valence-electron chi connectivity index (χ2n) is 8.92. The van der Waals surface area contributed by atoms with Crippen molar-refractivity contribution in [2.75, 3.05) is 6.61 Å². The van der Waals surface area contributed by atoms with Gasteiger partial charge in [-0.1, -0.05) is 51.1 Å². The quantitative estimate of drug-likeness (QED) is 0.363. The fourth-order valence-corrected chi connectivity index (χ4v) is 5.32. The third kappa shape index (κ3) is 6.06. The molecule has 1 aromatic rings. The summed E-state index contributed by atoms with van der Waals surface area (Å²) in [7, 11) is -5.15. The SMILES string of the molecule is CC(C)(C)[Si](C)(C)OCCC[C@@H]1/C=C\CC/C(S(=O)(=O)c2ccccc2)=C\N1. The Kier molecular flexibility index (Phi) is 7.71. The van der Waals surface area contributed by atoms with Gasteiger partial charge in [-0.25, -0.2) is 8.42 Å². The van der Waals surface area contributed by atoms with Crippen LogP contribution in [0.5, 0.6) is 0 Å². The van der Waals surface area contributed by atoms with Crippen molar-refractivity contribution < 1.29 is 12.8 Å². The van der Waals surface area contributed by atoms with Gasteiger partial charge in [0.2, 0.25) is 9.84 Å². The van der Waals surface area contributed by atoms with Crippen LogP contribution in [0.15, 0.2) is 58.5 Å². The first-order valence-corrected chi connectivity index (χ1v) is 14.5. The van der Waals surface area contributed by atoms with Crippen LogP contribution in [0.3, 0.4) is 0 Å². The van der Waals surface area contributed by atoms with Gasteiger partial charge < -0.3 is 9.74 Å². The van der Waals surface area contributed by atoms with E-state index in [0.29, 0.717) is 16.2 Å². The Morgan fingerprint density at radius 2 is 1.86 bits per heavy atom. The third-order valence-corrected chi connectivity index (χ3v) is 12.2. The number of allylic oxidation sites excluding steroid dienone is 2. The van der Waals surface area contributed by atoms with Crippen LogP contribution in [0.1, 0.15) is 46.5 Å². The molecule has 0 saturated heterocycles. The van der Waals surface area contributed by atoms with Crippen LogP contribution < -0.4 is 5.32 Å². The van der Waals surface area contributed by atoms with Gasteiger partial charge in [0.1, 0.15) is 0 Å². The average Bonchev–Trinajstić information content (AvgIpc) is 2.60. The van der Waals surface area contributed by atoms with E-state index in [4.69, 9.17) is 4.43 Å². The molecule has 1 aliphatic rings. The molecule has 0 aromatic heterocycles. The molecule has 0 unspecified atom stereocenters. The van der Waals surface area contributed by atoms with Gasteiger partial charge in [-0.2, -0.15) is 0 Å². The number of hydrogen-bond donors (Lipinski definition) is 1. The Balaban J connectivity index is 1.95. The predicted octanol–water partition coefficient (Wildman–Crippen LogP) is 5.41. The van der Waals surface area contributed by atoms with Crippen LogP contribution in [0.25, 0.3) is 0 Å². The van der Waals surface area contributed by atoms with Gasteiger partial charge in [0.05, 0.1) is 9.80 Å². The Morgan fingerprint density at radius 3 is 2.50 bits per heavy atom. The minimum atomic E-state index is -3.44. The smallest absolute Gasteiger partial charge is 0.204 e. The Morgan fingerprint density at radius 1 is 1.18 bits per heavy atom. The molecule has 0 bridgehead atoms. The molecule has 2 rings (SSSR count). The molecule has 0 fully saturated rings. The van der Waals surface area contributed by atoms with E-state index in [9.17, 15) is 8.42 Å². The highest BCUT2D eigenvalue weighted by Crippen LogP contribution is 2.36. The predicted molar refractivity (Wildman–Crippen MR) is 119 cm³/mol. The normalized spacial score (nSPS) is 21.8. The summed E-state index contributed by atoms with van der Waals surface area (Å²) in [5.74, 6) is 0. The van der Waals surface area contributed by atoms with Crippen molar-refractivity contribution in [3.8, 4) is 0 Å². The topological polar surface area (TPSA) is 55.4 Å². The fourth-order valence-electron chi connectivity index (χ4n) is 2.80. The molecule has 1 aromatic carbocycles. The van der Waals surface area contributed by atoms with Crippen molar-refractivity contribution in [2.45, 2.75) is 75.5 Å². The van der Waals surface area contributed by atoms with E-state index in [1.165, 1.54) is 0 Å². The van der Waals surface area contributed by atoms with E-state index in [1.54, 1.807) is 30.5 Å². The minimum absolute atomic E-state index is 0.129. The van der Waals surface area contributed by atoms with Crippen molar-refractivity contribution >= 4 is 18.2 Å². The molecule has 6 heteroatoms. The van der Waals surface area contributed by atoms with Gasteiger partial charge in [-0.3, -0.25) is 0 Å². The van der Waals surface area contributed by atoms with Crippen molar-refractivity contribution in [2.24, 2.45) is 0 Å². The summed E-state index contributed by atoms with van der Waals surface area (Å²) < 4.78 is 32.0. The highest BCUT2D eigenvalue weighted by atomic mass is 32.2. The zero-order valence-electron chi connectivity index (χ0n) is 17.9. The molecule has 1 N–H and O–H groups in total. The minimum Gasteiger partial charge on any atom is -0.417 e. The van der Waals surface area contributed by atoms with Crippen LogP contribution >= 0.6 is 0 Å². The Bertz CT molecular complexity index is 793. The highest BCUT2D eigenvalue weighted by Gasteiger charge is 2.36. The number of sulfone groups is 1. The molecule has 0 spiro atoms. The lowest BCUT2D eigenvalue weighted by atomic mass is 10.1. The largest absolute Gasteiger partial charge is 0.417 e. The second kappa shape index (κ2) is 9.42. The summed E-state index contributed by atoms with van der Waals surface area (Å²) in [5.41, 5.74) is 0. The molecule has 1 atom stereocenters. The molecule has 0 saturated carbocycles. The first-order valence-electron chi connectivity index (χ1n) is 10.1. The highest BCUT2D eigenvalue weighted by molar-refractivity contribution is 7.95. The monoisotopic (exact) mass is 421 g/mol. The molecule has 0 radical (unpaired) electrons. The maximum atomic E-state index is 12.9.